The van der Waals surface area contributed by atoms with Crippen molar-refractivity contribution >= 4 is 23.7 Å². The van der Waals surface area contributed by atoms with E-state index in [9.17, 15) is 0 Å². The van der Waals surface area contributed by atoms with Crippen molar-refractivity contribution in [2.75, 3.05) is 5.32 Å². The van der Waals surface area contributed by atoms with Crippen LogP contribution in [0.15, 0.2) is 51.4 Å². The smallest absolute Gasteiger partial charge is 0.150 e. The molecule has 6 nitrogen and oxygen atoms in total. The molecule has 1 aliphatic rings. The third-order valence-corrected chi connectivity index (χ3v) is 3.22. The van der Waals surface area contributed by atoms with Crippen LogP contribution in [0, 0.1) is 5.41 Å². The number of anilines is 1. The summed E-state index contributed by atoms with van der Waals surface area (Å²) in [6, 6.07) is 8.05. The first kappa shape index (κ1) is 11.5. The van der Waals surface area contributed by atoms with Gasteiger partial charge in [-0.1, -0.05) is 29.1 Å². The molecule has 1 unspecified atom stereocenters. The fourth-order valence-corrected chi connectivity index (χ4v) is 2.38. The molecule has 0 amide bonds. The number of allylic oxidation sites excluding steroid dienone is 1. The van der Waals surface area contributed by atoms with Crippen molar-refractivity contribution in [3.05, 3.63) is 36.2 Å². The van der Waals surface area contributed by atoms with E-state index < -0.39 is 0 Å². The number of nitrogens with zero attached hydrogens (tertiary/aromatic N) is 2. The second-order valence-electron chi connectivity index (χ2n) is 3.23. The van der Waals surface area contributed by atoms with E-state index in [0.717, 1.165) is 11.9 Å². The van der Waals surface area contributed by atoms with Gasteiger partial charge in [-0.05, 0) is 12.1 Å². The number of para-hydroxylation sites is 1. The van der Waals surface area contributed by atoms with Gasteiger partial charge in [0.15, 0.2) is 0 Å². The molecule has 1 heterocycles. The number of thioether (sulfide) groups is 1. The average Bonchev–Trinajstić information content (AvgIpc) is 2.77. The molecule has 0 bridgehead atoms. The maximum absolute atomic E-state index is 7.10. The summed E-state index contributed by atoms with van der Waals surface area (Å²) in [4.78, 5) is 1.19. The van der Waals surface area contributed by atoms with Crippen LogP contribution in [-0.4, -0.2) is 11.7 Å². The lowest BCUT2D eigenvalue weighted by Gasteiger charge is -2.10. The molecule has 0 aliphatic carbocycles. The summed E-state index contributed by atoms with van der Waals surface area (Å²) in [6.45, 7) is 0. The number of fused-ring (bicyclic) bond motifs is 1. The highest BCUT2D eigenvalue weighted by Gasteiger charge is 2.19. The molecule has 0 saturated heterocycles. The minimum atomic E-state index is 0.0234. The second-order valence-corrected chi connectivity index (χ2v) is 4.38. The van der Waals surface area contributed by atoms with E-state index >= 15 is 0 Å². The second kappa shape index (κ2) is 5.35. The Morgan fingerprint density at radius 2 is 2.35 bits per heavy atom. The van der Waals surface area contributed by atoms with Crippen molar-refractivity contribution in [3.8, 4) is 0 Å². The van der Waals surface area contributed by atoms with Crippen LogP contribution in [0.4, 0.5) is 5.69 Å². The first-order chi connectivity index (χ1) is 8.33. The lowest BCUT2D eigenvalue weighted by Crippen LogP contribution is -2.26. The quantitative estimate of drug-likeness (QED) is 0.283. The van der Waals surface area contributed by atoms with Gasteiger partial charge in [0.05, 0.1) is 5.69 Å². The van der Waals surface area contributed by atoms with Gasteiger partial charge in [-0.15, -0.1) is 5.11 Å². The van der Waals surface area contributed by atoms with E-state index in [0.29, 0.717) is 5.70 Å². The van der Waals surface area contributed by atoms with Crippen molar-refractivity contribution in [2.24, 2.45) is 16.2 Å². The molecular formula is C10H12N6S. The molecule has 0 fully saturated rings. The van der Waals surface area contributed by atoms with Crippen LogP contribution in [0.2, 0.25) is 0 Å². The third-order valence-electron chi connectivity index (χ3n) is 2.12. The molecule has 2 rings (SSSR count). The third kappa shape index (κ3) is 2.76. The number of benzene rings is 1. The number of nitrogens with one attached hydrogen (secondary N) is 3. The molecule has 0 spiro atoms. The van der Waals surface area contributed by atoms with Crippen LogP contribution in [0.5, 0.6) is 0 Å². The molecule has 1 aliphatic heterocycles. The Kier molecular flexibility index (Phi) is 3.61. The van der Waals surface area contributed by atoms with E-state index in [1.165, 1.54) is 4.90 Å². The molecule has 0 aromatic heterocycles. The summed E-state index contributed by atoms with van der Waals surface area (Å²) in [5, 5.41) is 20.2. The molecule has 1 aromatic rings. The Bertz CT molecular complexity index is 445. The summed E-state index contributed by atoms with van der Waals surface area (Å²) in [5.41, 5.74) is 1.49. The zero-order valence-corrected chi connectivity index (χ0v) is 9.74. The van der Waals surface area contributed by atoms with Gasteiger partial charge >= 0.3 is 0 Å². The summed E-state index contributed by atoms with van der Waals surface area (Å²) >= 11 is 1.66. The van der Waals surface area contributed by atoms with E-state index in [1.807, 2.05) is 18.2 Å². The topological polar surface area (TPSA) is 98.6 Å². The van der Waals surface area contributed by atoms with E-state index in [-0.39, 0.29) is 5.50 Å². The zero-order chi connectivity index (χ0) is 12.1. The fraction of sp³-hybridized carbons (Fsp3) is 0.100. The number of hydrogen-bond donors (Lipinski definition) is 4. The highest BCUT2D eigenvalue weighted by atomic mass is 32.2. The van der Waals surface area contributed by atoms with Gasteiger partial charge in [0.1, 0.15) is 11.2 Å². The van der Waals surface area contributed by atoms with E-state index in [4.69, 9.17) is 11.3 Å². The maximum atomic E-state index is 7.10. The molecule has 1 aromatic carbocycles. The Labute approximate surface area is 103 Å². The van der Waals surface area contributed by atoms with Gasteiger partial charge in [-0.25, -0.2) is 0 Å². The lowest BCUT2D eigenvalue weighted by atomic mass is 10.3. The number of nitrogens with two attached hydrogens (primary N) is 1. The molecule has 0 radical (unpaired) electrons. The number of hydrogen-bond acceptors (Lipinski definition) is 6. The standard InChI is InChI=1S/C10H12N6S/c11-5-7(15-16-12)6-13-10-14-8-3-1-2-4-9(8)17-10/h1-6,10-11,13-14H,(H2,12,15)/b7-6+,11-5?. The molecule has 7 heteroatoms. The fourth-order valence-electron chi connectivity index (χ4n) is 1.39. The van der Waals surface area contributed by atoms with Crippen LogP contribution in [-0.2, 0) is 0 Å². The van der Waals surface area contributed by atoms with Gasteiger partial charge in [0, 0.05) is 17.3 Å². The first-order valence-electron chi connectivity index (χ1n) is 4.93. The average molecular weight is 248 g/mol. The van der Waals surface area contributed by atoms with Crippen molar-refractivity contribution < 1.29 is 0 Å². The van der Waals surface area contributed by atoms with Gasteiger partial charge in [0.25, 0.3) is 0 Å². The van der Waals surface area contributed by atoms with Gasteiger partial charge in [0.2, 0.25) is 0 Å². The molecule has 88 valence electrons. The SMILES string of the molecule is N=C/C(=C\NC1Nc2ccccc2S1)N=NN. The van der Waals surface area contributed by atoms with Crippen molar-refractivity contribution in [1.82, 2.24) is 5.32 Å². The Morgan fingerprint density at radius 3 is 3.06 bits per heavy atom. The zero-order valence-electron chi connectivity index (χ0n) is 8.92. The van der Waals surface area contributed by atoms with Gasteiger partial charge in [-0.3, -0.25) is 0 Å². The van der Waals surface area contributed by atoms with Crippen LogP contribution < -0.4 is 16.5 Å². The minimum Gasteiger partial charge on any atom is -0.361 e. The van der Waals surface area contributed by atoms with Crippen LogP contribution >= 0.6 is 11.8 Å². The van der Waals surface area contributed by atoms with Crippen molar-refractivity contribution in [1.29, 1.82) is 5.41 Å². The first-order valence-corrected chi connectivity index (χ1v) is 5.81. The van der Waals surface area contributed by atoms with Crippen LogP contribution in [0.25, 0.3) is 0 Å². The predicted molar refractivity (Wildman–Crippen MR) is 68.8 cm³/mol. The highest BCUT2D eigenvalue weighted by Crippen LogP contribution is 2.36. The van der Waals surface area contributed by atoms with Crippen molar-refractivity contribution in [2.45, 2.75) is 10.4 Å². The highest BCUT2D eigenvalue weighted by molar-refractivity contribution is 8.00. The summed E-state index contributed by atoms with van der Waals surface area (Å²) in [7, 11) is 0. The van der Waals surface area contributed by atoms with Gasteiger partial charge in [-0.2, -0.15) is 0 Å². The molecule has 17 heavy (non-hydrogen) atoms. The normalized spacial score (nSPS) is 18.8. The van der Waals surface area contributed by atoms with E-state index in [2.05, 4.69) is 27.0 Å². The lowest BCUT2D eigenvalue weighted by molar-refractivity contribution is 0.868. The summed E-state index contributed by atoms with van der Waals surface area (Å²) in [5.74, 6) is 4.92. The van der Waals surface area contributed by atoms with Gasteiger partial charge < -0.3 is 21.9 Å². The maximum Gasteiger partial charge on any atom is 0.150 e. The minimum absolute atomic E-state index is 0.0234. The summed E-state index contributed by atoms with van der Waals surface area (Å²) < 4.78 is 0. The molecule has 5 N–H and O–H groups in total. The summed E-state index contributed by atoms with van der Waals surface area (Å²) in [6.07, 6.45) is 2.68. The molecule has 0 saturated carbocycles. The van der Waals surface area contributed by atoms with Crippen LogP contribution in [0.3, 0.4) is 0 Å². The predicted octanol–water partition coefficient (Wildman–Crippen LogP) is 1.89. The van der Waals surface area contributed by atoms with Crippen LogP contribution in [0.1, 0.15) is 0 Å². The largest absolute Gasteiger partial charge is 0.361 e. The van der Waals surface area contributed by atoms with E-state index in [1.54, 1.807) is 18.0 Å². The van der Waals surface area contributed by atoms with Crippen molar-refractivity contribution in [3.63, 3.8) is 0 Å². The Hall–Kier alpha value is -2.02. The number of rotatable bonds is 4. The molecular weight excluding hydrogens is 236 g/mol. The molecule has 1 atom stereocenters. The monoisotopic (exact) mass is 248 g/mol. The Balaban J connectivity index is 1.98. The Morgan fingerprint density at radius 1 is 1.53 bits per heavy atom.